The highest BCUT2D eigenvalue weighted by atomic mass is 16.3. The molecule has 1 aliphatic rings. The van der Waals surface area contributed by atoms with Crippen LogP contribution in [0.5, 0.6) is 5.88 Å². The predicted molar refractivity (Wildman–Crippen MR) is 103 cm³/mol. The summed E-state index contributed by atoms with van der Waals surface area (Å²) in [4.78, 5) is 7.86. The highest BCUT2D eigenvalue weighted by molar-refractivity contribution is 5.96. The van der Waals surface area contributed by atoms with Gasteiger partial charge in [0.2, 0.25) is 0 Å². The first-order valence-electron chi connectivity index (χ1n) is 8.98. The van der Waals surface area contributed by atoms with Crippen LogP contribution in [0.1, 0.15) is 56.2 Å². The van der Waals surface area contributed by atoms with Crippen LogP contribution < -0.4 is 10.6 Å². The third kappa shape index (κ3) is 2.55. The standard InChI is InChI=1S/C22H24N2O/c1-12(2)14-5-7-16-18(11-23-19(16)9-14)21-17-8-6-15(13(3)4)10-20(17)24-22(21)25/h5-10,12-13,24-25H,11H2,1-4H3. The van der Waals surface area contributed by atoms with E-state index in [0.717, 1.165) is 32.6 Å². The van der Waals surface area contributed by atoms with E-state index in [-0.39, 0.29) is 5.88 Å². The first-order valence-corrected chi connectivity index (χ1v) is 8.98. The van der Waals surface area contributed by atoms with E-state index >= 15 is 0 Å². The Hall–Kier alpha value is -2.55. The summed E-state index contributed by atoms with van der Waals surface area (Å²) in [7, 11) is 0. The Morgan fingerprint density at radius 2 is 1.64 bits per heavy atom. The van der Waals surface area contributed by atoms with Crippen LogP contribution in [0, 0.1) is 0 Å². The van der Waals surface area contributed by atoms with Crippen LogP contribution in [0.3, 0.4) is 0 Å². The van der Waals surface area contributed by atoms with E-state index in [4.69, 9.17) is 4.99 Å². The molecule has 25 heavy (non-hydrogen) atoms. The van der Waals surface area contributed by atoms with Crippen molar-refractivity contribution in [2.45, 2.75) is 39.5 Å². The predicted octanol–water partition coefficient (Wildman–Crippen LogP) is 3.95. The van der Waals surface area contributed by atoms with Gasteiger partial charge < -0.3 is 10.1 Å². The fourth-order valence-electron chi connectivity index (χ4n) is 3.62. The van der Waals surface area contributed by atoms with Gasteiger partial charge in [0.25, 0.3) is 0 Å². The Kier molecular flexibility index (Phi) is 3.68. The summed E-state index contributed by atoms with van der Waals surface area (Å²) < 4.78 is 0. The van der Waals surface area contributed by atoms with Gasteiger partial charge in [0.05, 0.1) is 11.9 Å². The SMILES string of the molecule is CC(C)c1ccc2c(c1)=NCC=2c1c(O)[nH]c2cc(C(C)C)ccc12. The molecule has 0 aliphatic carbocycles. The molecule has 128 valence electrons. The van der Waals surface area contributed by atoms with Gasteiger partial charge in [-0.3, -0.25) is 4.99 Å². The molecule has 0 radical (unpaired) electrons. The second kappa shape index (κ2) is 5.76. The highest BCUT2D eigenvalue weighted by Gasteiger charge is 2.19. The Bertz CT molecular complexity index is 1090. The molecule has 1 aliphatic heterocycles. The lowest BCUT2D eigenvalue weighted by Gasteiger charge is -2.06. The number of fused-ring (bicyclic) bond motifs is 2. The van der Waals surface area contributed by atoms with Gasteiger partial charge in [0.15, 0.2) is 5.88 Å². The number of H-pyrrole nitrogens is 1. The van der Waals surface area contributed by atoms with Crippen molar-refractivity contribution < 1.29 is 5.11 Å². The summed E-state index contributed by atoms with van der Waals surface area (Å²) in [5.74, 6) is 1.19. The molecule has 2 aromatic carbocycles. The van der Waals surface area contributed by atoms with Gasteiger partial charge in [0.1, 0.15) is 0 Å². The molecule has 0 bridgehead atoms. The van der Waals surface area contributed by atoms with Crippen molar-refractivity contribution >= 4 is 16.5 Å². The molecule has 2 N–H and O–H groups in total. The van der Waals surface area contributed by atoms with Gasteiger partial charge in [0, 0.05) is 21.7 Å². The van der Waals surface area contributed by atoms with Crippen molar-refractivity contribution in [3.63, 3.8) is 0 Å². The molecule has 3 nitrogen and oxygen atoms in total. The van der Waals surface area contributed by atoms with Crippen molar-refractivity contribution in [3.8, 4) is 5.88 Å². The minimum Gasteiger partial charge on any atom is -0.494 e. The largest absolute Gasteiger partial charge is 0.494 e. The van der Waals surface area contributed by atoms with Crippen LogP contribution in [-0.4, -0.2) is 16.6 Å². The highest BCUT2D eigenvalue weighted by Crippen LogP contribution is 2.34. The third-order valence-electron chi connectivity index (χ3n) is 5.19. The Morgan fingerprint density at radius 1 is 0.960 bits per heavy atom. The summed E-state index contributed by atoms with van der Waals surface area (Å²) in [5.41, 5.74) is 5.55. The minimum atomic E-state index is 0.238. The number of aromatic nitrogens is 1. The summed E-state index contributed by atoms with van der Waals surface area (Å²) in [6, 6.07) is 12.9. The smallest absolute Gasteiger partial charge is 0.197 e. The Balaban J connectivity index is 1.94. The van der Waals surface area contributed by atoms with Crippen LogP contribution in [-0.2, 0) is 0 Å². The lowest BCUT2D eigenvalue weighted by Crippen LogP contribution is -2.24. The number of aromatic hydroxyl groups is 1. The number of nitrogens with zero attached hydrogens (tertiary/aromatic N) is 1. The van der Waals surface area contributed by atoms with E-state index < -0.39 is 0 Å². The first-order chi connectivity index (χ1) is 12.0. The van der Waals surface area contributed by atoms with Crippen molar-refractivity contribution in [1.29, 1.82) is 0 Å². The van der Waals surface area contributed by atoms with Gasteiger partial charge in [-0.1, -0.05) is 52.0 Å². The van der Waals surface area contributed by atoms with Gasteiger partial charge in [-0.15, -0.1) is 0 Å². The van der Waals surface area contributed by atoms with E-state index in [1.807, 2.05) is 0 Å². The number of benzene rings is 2. The molecule has 3 heteroatoms. The number of hydrogen-bond acceptors (Lipinski definition) is 2. The van der Waals surface area contributed by atoms with Crippen LogP contribution in [0.15, 0.2) is 41.4 Å². The summed E-state index contributed by atoms with van der Waals surface area (Å²) in [6.07, 6.45) is 0. The van der Waals surface area contributed by atoms with E-state index in [1.54, 1.807) is 0 Å². The lowest BCUT2D eigenvalue weighted by molar-refractivity contribution is 0.457. The quantitative estimate of drug-likeness (QED) is 0.749. The molecule has 1 aromatic heterocycles. The maximum atomic E-state index is 10.6. The minimum absolute atomic E-state index is 0.238. The van der Waals surface area contributed by atoms with E-state index in [2.05, 4.69) is 69.1 Å². The van der Waals surface area contributed by atoms with Gasteiger partial charge >= 0.3 is 0 Å². The molecular formula is C22H24N2O. The molecule has 0 amide bonds. The zero-order valence-electron chi connectivity index (χ0n) is 15.2. The number of rotatable bonds is 3. The maximum absolute atomic E-state index is 10.6. The van der Waals surface area contributed by atoms with E-state index in [0.29, 0.717) is 18.4 Å². The zero-order valence-corrected chi connectivity index (χ0v) is 15.2. The average molecular weight is 332 g/mol. The molecule has 0 saturated carbocycles. The molecule has 3 aromatic rings. The number of nitrogens with one attached hydrogen (secondary N) is 1. The van der Waals surface area contributed by atoms with Crippen LogP contribution in [0.25, 0.3) is 16.5 Å². The normalized spacial score (nSPS) is 13.8. The molecule has 0 spiro atoms. The van der Waals surface area contributed by atoms with Gasteiger partial charge in [-0.2, -0.15) is 0 Å². The van der Waals surface area contributed by atoms with Gasteiger partial charge in [-0.05, 0) is 40.7 Å². The molecule has 0 atom stereocenters. The molecule has 0 unspecified atom stereocenters. The molecule has 0 fully saturated rings. The topological polar surface area (TPSA) is 48.4 Å². The molecule has 0 saturated heterocycles. The first kappa shape index (κ1) is 15.9. The fourth-order valence-corrected chi connectivity index (χ4v) is 3.62. The Morgan fingerprint density at radius 3 is 2.36 bits per heavy atom. The second-order valence-corrected chi connectivity index (χ2v) is 7.53. The zero-order chi connectivity index (χ0) is 17.7. The van der Waals surface area contributed by atoms with Gasteiger partial charge in [-0.25, -0.2) is 0 Å². The van der Waals surface area contributed by atoms with Crippen LogP contribution >= 0.6 is 0 Å². The van der Waals surface area contributed by atoms with E-state index in [9.17, 15) is 5.11 Å². The molecule has 2 heterocycles. The number of hydrogen-bond donors (Lipinski definition) is 2. The second-order valence-electron chi connectivity index (χ2n) is 7.53. The van der Waals surface area contributed by atoms with Crippen molar-refractivity contribution in [2.75, 3.05) is 6.54 Å². The lowest BCUT2D eigenvalue weighted by atomic mass is 9.97. The summed E-state index contributed by atoms with van der Waals surface area (Å²) in [5, 5.41) is 13.8. The summed E-state index contributed by atoms with van der Waals surface area (Å²) >= 11 is 0. The maximum Gasteiger partial charge on any atom is 0.197 e. The molecule has 4 rings (SSSR count). The Labute approximate surface area is 147 Å². The van der Waals surface area contributed by atoms with Crippen molar-refractivity contribution in [2.24, 2.45) is 4.99 Å². The average Bonchev–Trinajstić information content (AvgIpc) is 3.12. The molecular weight excluding hydrogens is 308 g/mol. The van der Waals surface area contributed by atoms with Crippen molar-refractivity contribution in [3.05, 3.63) is 63.7 Å². The summed E-state index contributed by atoms with van der Waals surface area (Å²) in [6.45, 7) is 9.36. The third-order valence-corrected chi connectivity index (χ3v) is 5.19. The monoisotopic (exact) mass is 332 g/mol. The van der Waals surface area contributed by atoms with Crippen LogP contribution in [0.4, 0.5) is 0 Å². The van der Waals surface area contributed by atoms with Crippen molar-refractivity contribution in [1.82, 2.24) is 4.98 Å². The fraction of sp³-hybridized carbons (Fsp3) is 0.318. The van der Waals surface area contributed by atoms with E-state index in [1.165, 1.54) is 11.1 Å². The number of aromatic amines is 1. The van der Waals surface area contributed by atoms with Crippen LogP contribution in [0.2, 0.25) is 0 Å².